The molecule has 0 saturated heterocycles. The lowest BCUT2D eigenvalue weighted by molar-refractivity contribution is 0.666. The van der Waals surface area contributed by atoms with Crippen molar-refractivity contribution in [2.75, 3.05) is 5.73 Å². The summed E-state index contributed by atoms with van der Waals surface area (Å²) in [5.74, 6) is 1.32. The first kappa shape index (κ1) is 10.7. The predicted octanol–water partition coefficient (Wildman–Crippen LogP) is 2.37. The van der Waals surface area contributed by atoms with Crippen molar-refractivity contribution >= 4 is 17.2 Å². The monoisotopic (exact) mass is 246 g/mol. The Morgan fingerprint density at radius 3 is 2.76 bits per heavy atom. The van der Waals surface area contributed by atoms with Crippen LogP contribution in [0.1, 0.15) is 29.8 Å². The molecule has 0 aromatic carbocycles. The summed E-state index contributed by atoms with van der Waals surface area (Å²) in [6, 6.07) is 0. The molecule has 3 rings (SSSR count). The van der Waals surface area contributed by atoms with Crippen LogP contribution in [0, 0.1) is 6.92 Å². The van der Waals surface area contributed by atoms with Crippen LogP contribution in [0.25, 0.3) is 10.8 Å². The van der Waals surface area contributed by atoms with Crippen molar-refractivity contribution in [3.8, 4) is 10.8 Å². The summed E-state index contributed by atoms with van der Waals surface area (Å²) < 4.78 is 0. The molecule has 88 valence electrons. The number of thiazole rings is 1. The van der Waals surface area contributed by atoms with Gasteiger partial charge in [-0.1, -0.05) is 0 Å². The summed E-state index contributed by atoms with van der Waals surface area (Å²) in [7, 11) is 0. The quantitative estimate of drug-likeness (QED) is 0.839. The fourth-order valence-corrected chi connectivity index (χ4v) is 2.90. The lowest BCUT2D eigenvalue weighted by atomic mass is 9.96. The van der Waals surface area contributed by atoms with E-state index in [1.54, 1.807) is 11.3 Å². The molecule has 2 aromatic rings. The zero-order chi connectivity index (χ0) is 11.8. The molecular formula is C12H14N4S. The maximum atomic E-state index is 6.01. The average Bonchev–Trinajstić information content (AvgIpc) is 2.76. The van der Waals surface area contributed by atoms with Gasteiger partial charge in [0.25, 0.3) is 0 Å². The molecule has 1 aliphatic rings. The highest BCUT2D eigenvalue weighted by Crippen LogP contribution is 2.27. The van der Waals surface area contributed by atoms with Crippen LogP contribution in [0.2, 0.25) is 0 Å². The highest BCUT2D eigenvalue weighted by molar-refractivity contribution is 7.13. The molecule has 0 radical (unpaired) electrons. The average molecular weight is 246 g/mol. The first-order chi connectivity index (χ1) is 8.24. The number of hydrogen-bond donors (Lipinski definition) is 1. The number of nitrogen functional groups attached to an aromatic ring is 1. The topological polar surface area (TPSA) is 64.7 Å². The Balaban J connectivity index is 2.10. The summed E-state index contributed by atoms with van der Waals surface area (Å²) in [5.41, 5.74) is 9.28. The Bertz CT molecular complexity index is 562. The van der Waals surface area contributed by atoms with E-state index >= 15 is 0 Å². The molecule has 0 atom stereocenters. The molecule has 2 aromatic heterocycles. The number of hydrogen-bond acceptors (Lipinski definition) is 5. The molecule has 5 heteroatoms. The predicted molar refractivity (Wildman–Crippen MR) is 68.9 cm³/mol. The molecule has 2 heterocycles. The van der Waals surface area contributed by atoms with Gasteiger partial charge in [0.15, 0.2) is 10.8 Å². The van der Waals surface area contributed by atoms with Crippen molar-refractivity contribution in [3.63, 3.8) is 0 Å². The Kier molecular flexibility index (Phi) is 2.55. The Labute approximate surface area is 104 Å². The van der Waals surface area contributed by atoms with E-state index in [2.05, 4.69) is 15.0 Å². The number of nitrogens with zero attached hydrogens (tertiary/aromatic N) is 3. The van der Waals surface area contributed by atoms with Crippen LogP contribution in [0.3, 0.4) is 0 Å². The smallest absolute Gasteiger partial charge is 0.190 e. The second-order valence-electron chi connectivity index (χ2n) is 4.36. The normalized spacial score (nSPS) is 14.6. The molecule has 0 unspecified atom stereocenters. The third kappa shape index (κ3) is 1.91. The first-order valence-corrected chi connectivity index (χ1v) is 6.70. The minimum absolute atomic E-state index is 0.637. The van der Waals surface area contributed by atoms with E-state index in [9.17, 15) is 0 Å². The number of rotatable bonds is 1. The highest BCUT2D eigenvalue weighted by atomic mass is 32.1. The fraction of sp³-hybridized carbons (Fsp3) is 0.417. The number of nitrogens with two attached hydrogens (primary N) is 1. The van der Waals surface area contributed by atoms with E-state index in [-0.39, 0.29) is 0 Å². The number of aryl methyl sites for hydroxylation is 2. The SMILES string of the molecule is Cc1csc(-c2nc(N)c3c(n2)CCCC3)n1. The van der Waals surface area contributed by atoms with Crippen LogP contribution >= 0.6 is 11.3 Å². The van der Waals surface area contributed by atoms with E-state index in [0.717, 1.165) is 34.8 Å². The van der Waals surface area contributed by atoms with Crippen LogP contribution in [0.4, 0.5) is 5.82 Å². The third-order valence-corrected chi connectivity index (χ3v) is 3.98. The molecular weight excluding hydrogens is 232 g/mol. The molecule has 17 heavy (non-hydrogen) atoms. The minimum atomic E-state index is 0.637. The van der Waals surface area contributed by atoms with Crippen molar-refractivity contribution in [1.82, 2.24) is 15.0 Å². The molecule has 0 aliphatic heterocycles. The second-order valence-corrected chi connectivity index (χ2v) is 5.22. The Hall–Kier alpha value is -1.49. The van der Waals surface area contributed by atoms with Gasteiger partial charge < -0.3 is 5.73 Å². The lowest BCUT2D eigenvalue weighted by Gasteiger charge is -2.16. The van der Waals surface area contributed by atoms with E-state index in [1.807, 2.05) is 12.3 Å². The molecule has 0 saturated carbocycles. The van der Waals surface area contributed by atoms with Gasteiger partial charge in [0, 0.05) is 22.3 Å². The van der Waals surface area contributed by atoms with E-state index in [1.165, 1.54) is 12.8 Å². The lowest BCUT2D eigenvalue weighted by Crippen LogP contribution is -2.11. The summed E-state index contributed by atoms with van der Waals surface area (Å²) in [6.07, 6.45) is 4.41. The summed E-state index contributed by atoms with van der Waals surface area (Å²) in [4.78, 5) is 13.4. The van der Waals surface area contributed by atoms with Crippen LogP contribution in [-0.2, 0) is 12.8 Å². The van der Waals surface area contributed by atoms with Crippen molar-refractivity contribution in [3.05, 3.63) is 22.3 Å². The van der Waals surface area contributed by atoms with Crippen molar-refractivity contribution < 1.29 is 0 Å². The van der Waals surface area contributed by atoms with Crippen LogP contribution in [0.5, 0.6) is 0 Å². The van der Waals surface area contributed by atoms with Gasteiger partial charge in [-0.3, -0.25) is 0 Å². The van der Waals surface area contributed by atoms with Crippen LogP contribution < -0.4 is 5.73 Å². The Morgan fingerprint density at radius 1 is 1.18 bits per heavy atom. The maximum absolute atomic E-state index is 6.01. The largest absolute Gasteiger partial charge is 0.383 e. The van der Waals surface area contributed by atoms with Gasteiger partial charge in [-0.05, 0) is 32.6 Å². The van der Waals surface area contributed by atoms with Gasteiger partial charge >= 0.3 is 0 Å². The van der Waals surface area contributed by atoms with Gasteiger partial charge in [-0.2, -0.15) is 0 Å². The molecule has 0 amide bonds. The van der Waals surface area contributed by atoms with Gasteiger partial charge in [0.1, 0.15) is 5.82 Å². The van der Waals surface area contributed by atoms with Crippen molar-refractivity contribution in [2.24, 2.45) is 0 Å². The molecule has 1 aliphatic carbocycles. The highest BCUT2D eigenvalue weighted by Gasteiger charge is 2.17. The fourth-order valence-electron chi connectivity index (χ4n) is 2.18. The standard InChI is InChI=1S/C12H14N4S/c1-7-6-17-12(14-7)11-15-9-5-3-2-4-8(9)10(13)16-11/h6H,2-5H2,1H3,(H2,13,15,16). The van der Waals surface area contributed by atoms with Gasteiger partial charge in [-0.15, -0.1) is 11.3 Å². The minimum Gasteiger partial charge on any atom is -0.383 e. The van der Waals surface area contributed by atoms with Gasteiger partial charge in [0.05, 0.1) is 0 Å². The molecule has 0 bridgehead atoms. The molecule has 2 N–H and O–H groups in total. The van der Waals surface area contributed by atoms with Crippen molar-refractivity contribution in [2.45, 2.75) is 32.6 Å². The van der Waals surface area contributed by atoms with E-state index in [4.69, 9.17) is 5.73 Å². The van der Waals surface area contributed by atoms with Crippen molar-refractivity contribution in [1.29, 1.82) is 0 Å². The summed E-state index contributed by atoms with van der Waals surface area (Å²) >= 11 is 1.57. The zero-order valence-corrected chi connectivity index (χ0v) is 10.5. The number of aromatic nitrogens is 3. The molecule has 0 fully saturated rings. The molecule has 0 spiro atoms. The summed E-state index contributed by atoms with van der Waals surface area (Å²) in [5, 5.41) is 2.87. The third-order valence-electron chi connectivity index (χ3n) is 3.03. The van der Waals surface area contributed by atoms with Crippen LogP contribution in [0.15, 0.2) is 5.38 Å². The summed E-state index contributed by atoms with van der Waals surface area (Å²) in [6.45, 7) is 1.97. The zero-order valence-electron chi connectivity index (χ0n) is 9.73. The first-order valence-electron chi connectivity index (χ1n) is 5.82. The maximum Gasteiger partial charge on any atom is 0.190 e. The van der Waals surface area contributed by atoms with E-state index < -0.39 is 0 Å². The second kappa shape index (κ2) is 4.07. The number of fused-ring (bicyclic) bond motifs is 1. The van der Waals surface area contributed by atoms with Gasteiger partial charge in [0.2, 0.25) is 0 Å². The van der Waals surface area contributed by atoms with Gasteiger partial charge in [-0.25, -0.2) is 15.0 Å². The Morgan fingerprint density at radius 2 is 2.00 bits per heavy atom. The number of anilines is 1. The van der Waals surface area contributed by atoms with E-state index in [0.29, 0.717) is 11.6 Å². The molecule has 4 nitrogen and oxygen atoms in total. The van der Waals surface area contributed by atoms with Crippen LogP contribution in [-0.4, -0.2) is 15.0 Å².